The van der Waals surface area contributed by atoms with Crippen molar-refractivity contribution in [2.45, 2.75) is 65.2 Å². The van der Waals surface area contributed by atoms with Crippen LogP contribution >= 0.6 is 0 Å². The van der Waals surface area contributed by atoms with Gasteiger partial charge in [0.2, 0.25) is 0 Å². The van der Waals surface area contributed by atoms with E-state index in [4.69, 9.17) is 14.2 Å². The Morgan fingerprint density at radius 1 is 0.579 bits per heavy atom. The van der Waals surface area contributed by atoms with Crippen molar-refractivity contribution in [3.63, 3.8) is 0 Å². The highest BCUT2D eigenvalue weighted by molar-refractivity contribution is 5.88. The predicted molar refractivity (Wildman–Crippen MR) is 149 cm³/mol. The van der Waals surface area contributed by atoms with Crippen molar-refractivity contribution in [3.8, 4) is 0 Å². The van der Waals surface area contributed by atoms with Crippen molar-refractivity contribution in [1.82, 2.24) is 0 Å². The molecule has 0 saturated carbocycles. The summed E-state index contributed by atoms with van der Waals surface area (Å²) in [6, 6.07) is 0. The Balaban J connectivity index is 1.27. The topological polar surface area (TPSA) is 61.8 Å². The van der Waals surface area contributed by atoms with Gasteiger partial charge in [0.05, 0.1) is 5.76 Å². The minimum absolute atomic E-state index is 0.363. The zero-order valence-corrected chi connectivity index (χ0v) is 22.4. The Bertz CT molecular complexity index is 1190. The van der Waals surface area contributed by atoms with E-state index in [0.29, 0.717) is 29.3 Å². The first-order valence-electron chi connectivity index (χ1n) is 13.2. The highest BCUT2D eigenvalue weighted by Gasteiger charge is 2.18. The van der Waals surface area contributed by atoms with Crippen LogP contribution in [0.4, 0.5) is 0 Å². The Morgan fingerprint density at radius 3 is 1.32 bits per heavy atom. The first-order chi connectivity index (χ1) is 18.3. The Hall–Kier alpha value is -3.86. The normalized spacial score (nSPS) is 19.2. The quantitative estimate of drug-likeness (QED) is 0.234. The van der Waals surface area contributed by atoms with Crippen LogP contribution in [0.1, 0.15) is 65.2 Å². The zero-order chi connectivity index (χ0) is 27.1. The van der Waals surface area contributed by atoms with Gasteiger partial charge in [-0.05, 0) is 92.0 Å². The number of carbonyl (C=O) groups excluding carboxylic acids is 2. The van der Waals surface area contributed by atoms with Gasteiger partial charge in [-0.15, -0.1) is 0 Å². The fraction of sp³-hybridized carbons (Fsp3) is 0.333. The van der Waals surface area contributed by atoms with Crippen LogP contribution in [-0.2, 0) is 23.8 Å². The number of rotatable bonds is 9. The second kappa shape index (κ2) is 12.6. The third-order valence-corrected chi connectivity index (χ3v) is 6.98. The van der Waals surface area contributed by atoms with Gasteiger partial charge in [-0.25, -0.2) is 9.59 Å². The van der Waals surface area contributed by atoms with E-state index in [9.17, 15) is 9.59 Å². The lowest BCUT2D eigenvalue weighted by Gasteiger charge is -2.22. The summed E-state index contributed by atoms with van der Waals surface area (Å²) in [4.78, 5) is 23.4. The van der Waals surface area contributed by atoms with Gasteiger partial charge in [-0.3, -0.25) is 0 Å². The molecule has 4 rings (SSSR count). The molecule has 0 atom stereocenters. The van der Waals surface area contributed by atoms with Crippen LogP contribution in [0.15, 0.2) is 118 Å². The molecular formula is C33H36O5. The van der Waals surface area contributed by atoms with Crippen LogP contribution in [-0.4, -0.2) is 18.5 Å². The molecule has 0 aliphatic heterocycles. The molecule has 0 radical (unpaired) electrons. The van der Waals surface area contributed by atoms with Crippen molar-refractivity contribution in [2.75, 3.05) is 6.61 Å². The average Bonchev–Trinajstić information content (AvgIpc) is 2.93. The van der Waals surface area contributed by atoms with Crippen molar-refractivity contribution in [3.05, 3.63) is 118 Å². The number of ether oxygens (including phenoxy) is 3. The number of carbonyl (C=O) groups is 2. The van der Waals surface area contributed by atoms with E-state index >= 15 is 0 Å². The molecule has 0 aromatic carbocycles. The molecule has 38 heavy (non-hydrogen) atoms. The minimum atomic E-state index is -0.366. The lowest BCUT2D eigenvalue weighted by molar-refractivity contribution is -0.136. The van der Waals surface area contributed by atoms with Crippen LogP contribution in [0.3, 0.4) is 0 Å². The molecule has 198 valence electrons. The van der Waals surface area contributed by atoms with E-state index in [1.165, 1.54) is 27.9 Å². The summed E-state index contributed by atoms with van der Waals surface area (Å²) >= 11 is 0. The fourth-order valence-electron chi connectivity index (χ4n) is 4.61. The summed E-state index contributed by atoms with van der Waals surface area (Å²) in [6.45, 7) is 11.2. The van der Waals surface area contributed by atoms with E-state index in [1.807, 2.05) is 12.2 Å². The maximum atomic E-state index is 11.7. The minimum Gasteiger partial charge on any atom is -0.494 e. The molecule has 0 spiro atoms. The largest absolute Gasteiger partial charge is 0.494 e. The molecule has 0 N–H and O–H groups in total. The first-order valence-corrected chi connectivity index (χ1v) is 13.2. The van der Waals surface area contributed by atoms with E-state index < -0.39 is 0 Å². The van der Waals surface area contributed by atoms with Crippen molar-refractivity contribution < 1.29 is 23.8 Å². The second-order valence-electron chi connectivity index (χ2n) is 10.1. The monoisotopic (exact) mass is 512 g/mol. The van der Waals surface area contributed by atoms with E-state index in [0.717, 1.165) is 57.1 Å². The average molecular weight is 513 g/mol. The summed E-state index contributed by atoms with van der Waals surface area (Å²) in [7, 11) is 0. The van der Waals surface area contributed by atoms with Gasteiger partial charge >= 0.3 is 11.9 Å². The van der Waals surface area contributed by atoms with E-state index in [2.05, 4.69) is 49.6 Å². The zero-order valence-electron chi connectivity index (χ0n) is 22.4. The molecular weight excluding hydrogens is 476 g/mol. The number of hydrogen-bond donors (Lipinski definition) is 0. The molecule has 0 aromatic rings. The van der Waals surface area contributed by atoms with Gasteiger partial charge in [-0.2, -0.15) is 0 Å². The molecule has 0 saturated heterocycles. The van der Waals surface area contributed by atoms with Gasteiger partial charge in [0.1, 0.15) is 18.1 Å². The number of hydrogen-bond acceptors (Lipinski definition) is 5. The molecule has 5 nitrogen and oxygen atoms in total. The molecule has 0 heterocycles. The molecule has 4 aliphatic rings. The lowest BCUT2D eigenvalue weighted by Crippen LogP contribution is -2.09. The number of allylic oxidation sites excluding steroid dienone is 15. The fourth-order valence-corrected chi connectivity index (χ4v) is 4.61. The van der Waals surface area contributed by atoms with Gasteiger partial charge < -0.3 is 14.2 Å². The highest BCUT2D eigenvalue weighted by Crippen LogP contribution is 2.33. The predicted octanol–water partition coefficient (Wildman–Crippen LogP) is 7.70. The summed E-state index contributed by atoms with van der Waals surface area (Å²) in [5.41, 5.74) is 7.36. The summed E-state index contributed by atoms with van der Waals surface area (Å²) in [5, 5.41) is 0. The van der Waals surface area contributed by atoms with Crippen molar-refractivity contribution >= 4 is 11.9 Å². The van der Waals surface area contributed by atoms with Crippen LogP contribution in [0, 0.1) is 0 Å². The van der Waals surface area contributed by atoms with Gasteiger partial charge in [0.25, 0.3) is 0 Å². The SMILES string of the molecule is C=C(C)C(=O)OC1=CC=C(C2=CC=C(COC3=CC=C(C4=CC=C(OC(=O)C(=C)C)CC4)CC3)CC2)CC1. The standard InChI is InChI=1S/C33H36O5/c1-22(2)32(34)37-30-17-11-27(12-18-30)25-7-5-24(6-8-25)21-36-29-15-9-26(10-16-29)28-13-19-31(20-14-28)38-33(35)23(3)4/h5,7,9,11,13,15,17,19H,1,3,6,8,10,12,14,16,18,20-21H2,2,4H3. The van der Waals surface area contributed by atoms with E-state index in [1.54, 1.807) is 13.8 Å². The van der Waals surface area contributed by atoms with Crippen LogP contribution in [0.2, 0.25) is 0 Å². The molecule has 0 bridgehead atoms. The van der Waals surface area contributed by atoms with Gasteiger partial charge in [0.15, 0.2) is 0 Å². The third kappa shape index (κ3) is 7.34. The van der Waals surface area contributed by atoms with Crippen LogP contribution < -0.4 is 0 Å². The van der Waals surface area contributed by atoms with Crippen LogP contribution in [0.25, 0.3) is 0 Å². The Morgan fingerprint density at radius 2 is 0.974 bits per heavy atom. The maximum absolute atomic E-state index is 11.7. The Kier molecular flexibility index (Phi) is 9.01. The molecule has 5 heteroatoms. The van der Waals surface area contributed by atoms with Crippen molar-refractivity contribution in [2.24, 2.45) is 0 Å². The highest BCUT2D eigenvalue weighted by atomic mass is 16.5. The molecule has 0 unspecified atom stereocenters. The lowest BCUT2D eigenvalue weighted by atomic mass is 9.89. The summed E-state index contributed by atoms with van der Waals surface area (Å²) in [6.07, 6.45) is 23.5. The first kappa shape index (κ1) is 27.2. The molecule has 0 aromatic heterocycles. The smallest absolute Gasteiger partial charge is 0.338 e. The second-order valence-corrected chi connectivity index (χ2v) is 10.1. The van der Waals surface area contributed by atoms with Gasteiger partial charge in [-0.1, -0.05) is 43.5 Å². The van der Waals surface area contributed by atoms with Crippen LogP contribution in [0.5, 0.6) is 0 Å². The summed E-state index contributed by atoms with van der Waals surface area (Å²) in [5.74, 6) is 1.68. The summed E-state index contributed by atoms with van der Waals surface area (Å²) < 4.78 is 16.8. The number of esters is 2. The van der Waals surface area contributed by atoms with Gasteiger partial charge in [0, 0.05) is 30.4 Å². The third-order valence-electron chi connectivity index (χ3n) is 6.98. The molecule has 4 aliphatic carbocycles. The van der Waals surface area contributed by atoms with Crippen molar-refractivity contribution in [1.29, 1.82) is 0 Å². The maximum Gasteiger partial charge on any atom is 0.338 e. The molecule has 0 amide bonds. The molecule has 0 fully saturated rings. The van der Waals surface area contributed by atoms with E-state index in [-0.39, 0.29) is 11.9 Å². The Labute approximate surface area is 225 Å².